The van der Waals surface area contributed by atoms with Crippen molar-refractivity contribution in [2.75, 3.05) is 0 Å². The molecule has 1 aromatic carbocycles. The fourth-order valence-electron chi connectivity index (χ4n) is 3.09. The van der Waals surface area contributed by atoms with Gasteiger partial charge in [0.2, 0.25) is 0 Å². The van der Waals surface area contributed by atoms with E-state index in [0.717, 1.165) is 9.25 Å². The van der Waals surface area contributed by atoms with Gasteiger partial charge in [0.1, 0.15) is 17.0 Å². The summed E-state index contributed by atoms with van der Waals surface area (Å²) in [5, 5.41) is 26.5. The average molecular weight is 478 g/mol. The van der Waals surface area contributed by atoms with E-state index in [1.807, 2.05) is 0 Å². The molecule has 0 bridgehead atoms. The lowest BCUT2D eigenvalue weighted by Gasteiger charge is -2.19. The van der Waals surface area contributed by atoms with Gasteiger partial charge in [0.25, 0.3) is 0 Å². The highest BCUT2D eigenvalue weighted by Crippen LogP contribution is 2.42. The van der Waals surface area contributed by atoms with E-state index in [-0.39, 0.29) is 11.4 Å². The van der Waals surface area contributed by atoms with Gasteiger partial charge in [0.05, 0.1) is 25.9 Å². The summed E-state index contributed by atoms with van der Waals surface area (Å²) in [5.41, 5.74) is 0.713. The Morgan fingerprint density at radius 1 is 1.21 bits per heavy atom. The maximum Gasteiger partial charge on any atom is 0.435 e. The van der Waals surface area contributed by atoms with E-state index in [1.165, 1.54) is 23.5 Å². The van der Waals surface area contributed by atoms with E-state index in [0.29, 0.717) is 31.3 Å². The van der Waals surface area contributed by atoms with Crippen LogP contribution in [0, 0.1) is 0 Å². The maximum absolute atomic E-state index is 12.7. The first-order valence-corrected chi connectivity index (χ1v) is 10.2. The van der Waals surface area contributed by atoms with E-state index < -0.39 is 17.8 Å². The number of hydrogen-bond acceptors (Lipinski definition) is 6. The van der Waals surface area contributed by atoms with E-state index in [9.17, 15) is 19.8 Å². The Kier molecular flexibility index (Phi) is 4.43. The normalized spacial score (nSPS) is 12.0. The monoisotopic (exact) mass is 477 g/mol. The number of halogens is 1. The molecule has 29 heavy (non-hydrogen) atoms. The van der Waals surface area contributed by atoms with Crippen molar-refractivity contribution in [2.24, 2.45) is 0 Å². The molecule has 3 heterocycles. The Hall–Kier alpha value is -2.85. The zero-order valence-corrected chi connectivity index (χ0v) is 18.0. The molecule has 0 amide bonds. The summed E-state index contributed by atoms with van der Waals surface area (Å²) in [6, 6.07) is 6.19. The third-order valence-corrected chi connectivity index (χ3v) is 5.87. The Bertz CT molecular complexity index is 1290. The minimum atomic E-state index is -1.24. The molecule has 0 saturated carbocycles. The zero-order valence-electron chi connectivity index (χ0n) is 15.6. The van der Waals surface area contributed by atoms with Crippen LogP contribution in [0.1, 0.15) is 20.8 Å². The molecule has 0 atom stereocenters. The van der Waals surface area contributed by atoms with E-state index in [2.05, 4.69) is 21.0 Å². The van der Waals surface area contributed by atoms with Gasteiger partial charge in [-0.05, 0) is 60.3 Å². The summed E-state index contributed by atoms with van der Waals surface area (Å²) in [7, 11) is 0. The summed E-state index contributed by atoms with van der Waals surface area (Å²) < 4.78 is 8.76. The molecule has 3 aromatic heterocycles. The van der Waals surface area contributed by atoms with Crippen molar-refractivity contribution in [3.8, 4) is 17.1 Å². The van der Waals surface area contributed by atoms with Crippen LogP contribution in [0.4, 0.5) is 9.59 Å². The van der Waals surface area contributed by atoms with Gasteiger partial charge in [0.15, 0.2) is 0 Å². The van der Waals surface area contributed by atoms with Gasteiger partial charge in [-0.15, -0.1) is 11.3 Å². The second-order valence-corrected chi connectivity index (χ2v) is 9.07. The predicted molar refractivity (Wildman–Crippen MR) is 113 cm³/mol. The summed E-state index contributed by atoms with van der Waals surface area (Å²) >= 11 is 4.81. The van der Waals surface area contributed by atoms with E-state index >= 15 is 0 Å². The average Bonchev–Trinajstić information content (AvgIpc) is 3.25. The Labute approximate surface area is 177 Å². The molecular weight excluding hydrogens is 462 g/mol. The highest BCUT2D eigenvalue weighted by atomic mass is 79.9. The SMILES string of the molecule is CC(C)(C)OC(=O)n1nc(-c2c(Br)c3ccc(O)cc3n2C(=O)O)c2sccc21. The summed E-state index contributed by atoms with van der Waals surface area (Å²) in [5.74, 6) is -0.0582. The number of fused-ring (bicyclic) bond motifs is 2. The first-order valence-electron chi connectivity index (χ1n) is 8.54. The Morgan fingerprint density at radius 2 is 1.93 bits per heavy atom. The van der Waals surface area contributed by atoms with Crippen molar-refractivity contribution < 1.29 is 24.5 Å². The molecule has 0 aliphatic rings. The number of phenolic OH excluding ortho intramolecular Hbond substituents is 1. The number of carbonyl (C=O) groups is 2. The number of carbonyl (C=O) groups excluding carboxylic acids is 1. The number of hydrogen-bond donors (Lipinski definition) is 2. The van der Waals surface area contributed by atoms with Gasteiger partial charge in [-0.2, -0.15) is 9.78 Å². The smallest absolute Gasteiger partial charge is 0.435 e. The fourth-order valence-corrected chi connectivity index (χ4v) is 4.65. The standard InChI is InChI=1S/C19H16BrN3O5S/c1-19(2,3)28-18(27)23-11-6-7-29-16(11)14(21-23)15-13(20)10-5-4-9(24)8-12(10)22(15)17(25)26/h4-8,24H,1-3H3,(H,25,26). The number of aromatic nitrogens is 3. The number of phenols is 1. The third-order valence-electron chi connectivity index (χ3n) is 4.16. The van der Waals surface area contributed by atoms with Crippen molar-refractivity contribution in [1.29, 1.82) is 0 Å². The van der Waals surface area contributed by atoms with Crippen molar-refractivity contribution in [1.82, 2.24) is 14.3 Å². The van der Waals surface area contributed by atoms with Crippen molar-refractivity contribution in [2.45, 2.75) is 26.4 Å². The van der Waals surface area contributed by atoms with E-state index in [1.54, 1.807) is 38.3 Å². The molecule has 0 radical (unpaired) electrons. The van der Waals surface area contributed by atoms with Crippen molar-refractivity contribution in [3.05, 3.63) is 34.1 Å². The van der Waals surface area contributed by atoms with Crippen LogP contribution in [0.15, 0.2) is 34.1 Å². The van der Waals surface area contributed by atoms with Crippen molar-refractivity contribution >= 4 is 60.6 Å². The van der Waals surface area contributed by atoms with Crippen LogP contribution in [-0.2, 0) is 4.74 Å². The van der Waals surface area contributed by atoms with E-state index in [4.69, 9.17) is 4.74 Å². The number of ether oxygens (including phenoxy) is 1. The van der Waals surface area contributed by atoms with Crippen LogP contribution >= 0.6 is 27.3 Å². The fraction of sp³-hybridized carbons (Fsp3) is 0.211. The van der Waals surface area contributed by atoms with Gasteiger partial charge in [-0.25, -0.2) is 14.2 Å². The molecule has 0 saturated heterocycles. The highest BCUT2D eigenvalue weighted by molar-refractivity contribution is 9.10. The summed E-state index contributed by atoms with van der Waals surface area (Å²) in [6.45, 7) is 5.27. The van der Waals surface area contributed by atoms with Crippen molar-refractivity contribution in [3.63, 3.8) is 0 Å². The Balaban J connectivity index is 2.02. The quantitative estimate of drug-likeness (QED) is 0.374. The molecule has 10 heteroatoms. The van der Waals surface area contributed by atoms with Crippen LogP contribution in [0.2, 0.25) is 0 Å². The number of rotatable bonds is 1. The molecule has 4 rings (SSSR count). The molecule has 0 fully saturated rings. The second kappa shape index (κ2) is 6.60. The first kappa shape index (κ1) is 19.5. The lowest BCUT2D eigenvalue weighted by Crippen LogP contribution is -2.27. The lowest BCUT2D eigenvalue weighted by molar-refractivity contribution is 0.0523. The largest absolute Gasteiger partial charge is 0.508 e. The number of benzene rings is 1. The Morgan fingerprint density at radius 3 is 2.59 bits per heavy atom. The molecule has 0 aliphatic heterocycles. The van der Waals surface area contributed by atoms with Crippen LogP contribution in [-0.4, -0.2) is 42.3 Å². The molecule has 2 N–H and O–H groups in total. The zero-order chi connectivity index (χ0) is 21.1. The molecular formula is C19H16BrN3O5S. The number of nitrogens with zero attached hydrogens (tertiary/aromatic N) is 3. The topological polar surface area (TPSA) is 107 Å². The molecule has 0 aliphatic carbocycles. The summed E-state index contributed by atoms with van der Waals surface area (Å²) in [6.07, 6.45) is -1.89. The number of carboxylic acid groups (broad SMARTS) is 1. The van der Waals surface area contributed by atoms with Gasteiger partial charge in [0, 0.05) is 11.5 Å². The third kappa shape index (κ3) is 3.18. The summed E-state index contributed by atoms with van der Waals surface area (Å²) in [4.78, 5) is 24.7. The molecule has 150 valence electrons. The van der Waals surface area contributed by atoms with Crippen LogP contribution < -0.4 is 0 Å². The molecule has 4 aromatic rings. The van der Waals surface area contributed by atoms with Crippen LogP contribution in [0.3, 0.4) is 0 Å². The van der Waals surface area contributed by atoms with Gasteiger partial charge in [-0.1, -0.05) is 0 Å². The first-order chi connectivity index (χ1) is 13.6. The number of aromatic hydroxyl groups is 1. The van der Waals surface area contributed by atoms with Crippen LogP contribution in [0.5, 0.6) is 5.75 Å². The maximum atomic E-state index is 12.7. The van der Waals surface area contributed by atoms with Gasteiger partial charge < -0.3 is 14.9 Å². The highest BCUT2D eigenvalue weighted by Gasteiger charge is 2.28. The second-order valence-electron chi connectivity index (χ2n) is 7.36. The predicted octanol–water partition coefficient (Wildman–Crippen LogP) is 5.50. The van der Waals surface area contributed by atoms with Gasteiger partial charge >= 0.3 is 12.2 Å². The minimum Gasteiger partial charge on any atom is -0.508 e. The molecule has 0 unspecified atom stereocenters. The molecule has 8 nitrogen and oxygen atoms in total. The van der Waals surface area contributed by atoms with Crippen LogP contribution in [0.25, 0.3) is 32.5 Å². The number of thiophene rings is 1. The lowest BCUT2D eigenvalue weighted by atomic mass is 10.2. The van der Waals surface area contributed by atoms with Gasteiger partial charge in [-0.3, -0.25) is 0 Å². The molecule has 0 spiro atoms. The minimum absolute atomic E-state index is 0.0582.